The van der Waals surface area contributed by atoms with Crippen molar-refractivity contribution in [2.75, 3.05) is 19.6 Å². The zero-order valence-corrected chi connectivity index (χ0v) is 14.1. The maximum atomic E-state index is 4.45. The molecule has 0 aromatic carbocycles. The van der Waals surface area contributed by atoms with E-state index in [9.17, 15) is 0 Å². The second kappa shape index (κ2) is 7.79. The van der Waals surface area contributed by atoms with Crippen molar-refractivity contribution in [2.45, 2.75) is 66.1 Å². The van der Waals surface area contributed by atoms with Crippen molar-refractivity contribution in [1.29, 1.82) is 0 Å². The Morgan fingerprint density at radius 1 is 1.25 bits per heavy atom. The lowest BCUT2D eigenvalue weighted by Gasteiger charge is -2.46. The van der Waals surface area contributed by atoms with Gasteiger partial charge in [0.05, 0.1) is 11.7 Å². The molecule has 20 heavy (non-hydrogen) atoms. The largest absolute Gasteiger partial charge is 0.307 e. The summed E-state index contributed by atoms with van der Waals surface area (Å²) in [6.07, 6.45) is 3.03. The lowest BCUT2D eigenvalue weighted by molar-refractivity contribution is 0.0670. The Labute approximate surface area is 124 Å². The predicted molar refractivity (Wildman–Crippen MR) is 85.9 cm³/mol. The van der Waals surface area contributed by atoms with Gasteiger partial charge < -0.3 is 5.32 Å². The van der Waals surface area contributed by atoms with Gasteiger partial charge in [0, 0.05) is 18.3 Å². The number of hydrogen-bond donors (Lipinski definition) is 1. The summed E-state index contributed by atoms with van der Waals surface area (Å²) in [4.78, 5) is 2.56. The van der Waals surface area contributed by atoms with E-state index in [4.69, 9.17) is 0 Å². The number of hydrogen-bond acceptors (Lipinski definition) is 3. The van der Waals surface area contributed by atoms with Gasteiger partial charge in [0.2, 0.25) is 0 Å². The molecule has 0 fully saturated rings. The second-order valence-electron chi connectivity index (χ2n) is 5.45. The van der Waals surface area contributed by atoms with E-state index in [0.29, 0.717) is 6.04 Å². The van der Waals surface area contributed by atoms with E-state index in [1.807, 2.05) is 6.20 Å². The van der Waals surface area contributed by atoms with Crippen LogP contribution in [0.15, 0.2) is 12.3 Å². The molecule has 4 nitrogen and oxygen atoms in total. The molecule has 0 spiro atoms. The van der Waals surface area contributed by atoms with E-state index >= 15 is 0 Å². The quantitative estimate of drug-likeness (QED) is 0.754. The Morgan fingerprint density at radius 2 is 1.90 bits per heavy atom. The Kier molecular flexibility index (Phi) is 6.69. The predicted octanol–water partition coefficient (Wildman–Crippen LogP) is 3.06. The van der Waals surface area contributed by atoms with Crippen LogP contribution in [0.2, 0.25) is 0 Å². The first-order chi connectivity index (χ1) is 9.58. The highest BCUT2D eigenvalue weighted by Gasteiger charge is 2.38. The maximum Gasteiger partial charge on any atom is 0.0676 e. The normalized spacial score (nSPS) is 16.4. The summed E-state index contributed by atoms with van der Waals surface area (Å²) in [5.41, 5.74) is 1.40. The van der Waals surface area contributed by atoms with Gasteiger partial charge in [0.1, 0.15) is 0 Å². The monoisotopic (exact) mass is 280 g/mol. The molecule has 0 saturated carbocycles. The van der Waals surface area contributed by atoms with Crippen LogP contribution >= 0.6 is 0 Å². The summed E-state index contributed by atoms with van der Waals surface area (Å²) in [7, 11) is 0. The minimum Gasteiger partial charge on any atom is -0.307 e. The molecule has 1 N–H and O–H groups in total. The van der Waals surface area contributed by atoms with Crippen molar-refractivity contribution in [3.8, 4) is 0 Å². The third-order valence-electron chi connectivity index (χ3n) is 4.58. The van der Waals surface area contributed by atoms with Crippen molar-refractivity contribution >= 4 is 0 Å². The van der Waals surface area contributed by atoms with E-state index in [0.717, 1.165) is 32.6 Å². The summed E-state index contributed by atoms with van der Waals surface area (Å²) >= 11 is 0. The molecule has 2 unspecified atom stereocenters. The smallest absolute Gasteiger partial charge is 0.0676 e. The summed E-state index contributed by atoms with van der Waals surface area (Å²) in [5.74, 6) is 0. The summed E-state index contributed by atoms with van der Waals surface area (Å²) in [6, 6.07) is 2.47. The SMILES string of the molecule is CCNC(c1ccnn1CC)C(C)(CC)N(CC)CC. The van der Waals surface area contributed by atoms with Crippen molar-refractivity contribution in [2.24, 2.45) is 0 Å². The molecular weight excluding hydrogens is 248 g/mol. The van der Waals surface area contributed by atoms with Crippen LogP contribution < -0.4 is 5.32 Å². The molecule has 2 atom stereocenters. The lowest BCUT2D eigenvalue weighted by atomic mass is 9.84. The molecule has 1 aromatic rings. The average molecular weight is 280 g/mol. The second-order valence-corrected chi connectivity index (χ2v) is 5.45. The molecule has 1 rings (SSSR count). The van der Waals surface area contributed by atoms with Gasteiger partial charge in [-0.05, 0) is 46.0 Å². The van der Waals surface area contributed by atoms with E-state index in [2.05, 4.69) is 67.6 Å². The Bertz CT molecular complexity index is 384. The number of aryl methyl sites for hydroxylation is 1. The molecule has 0 radical (unpaired) electrons. The molecule has 1 heterocycles. The highest BCUT2D eigenvalue weighted by atomic mass is 15.3. The first-order valence-electron chi connectivity index (χ1n) is 8.08. The van der Waals surface area contributed by atoms with Crippen molar-refractivity contribution in [1.82, 2.24) is 20.0 Å². The van der Waals surface area contributed by atoms with E-state index in [1.165, 1.54) is 5.69 Å². The van der Waals surface area contributed by atoms with Crippen LogP contribution in [0, 0.1) is 0 Å². The fourth-order valence-corrected chi connectivity index (χ4v) is 3.26. The van der Waals surface area contributed by atoms with E-state index < -0.39 is 0 Å². The molecule has 116 valence electrons. The summed E-state index contributed by atoms with van der Waals surface area (Å²) in [6.45, 7) is 17.5. The number of likely N-dealkylation sites (N-methyl/N-ethyl adjacent to an activating group) is 2. The van der Waals surface area contributed by atoms with Crippen LogP contribution in [0.25, 0.3) is 0 Å². The van der Waals surface area contributed by atoms with Crippen molar-refractivity contribution in [3.05, 3.63) is 18.0 Å². The molecule has 0 amide bonds. The van der Waals surface area contributed by atoms with Crippen LogP contribution in [0.3, 0.4) is 0 Å². The van der Waals surface area contributed by atoms with Gasteiger partial charge in [-0.15, -0.1) is 0 Å². The number of rotatable bonds is 9. The van der Waals surface area contributed by atoms with Gasteiger partial charge in [-0.3, -0.25) is 9.58 Å². The first-order valence-corrected chi connectivity index (χ1v) is 8.08. The van der Waals surface area contributed by atoms with Crippen molar-refractivity contribution < 1.29 is 0 Å². The maximum absolute atomic E-state index is 4.45. The minimum absolute atomic E-state index is 0.104. The molecular formula is C16H32N4. The number of nitrogens with zero attached hydrogens (tertiary/aromatic N) is 3. The molecule has 0 aliphatic heterocycles. The summed E-state index contributed by atoms with van der Waals surface area (Å²) < 4.78 is 2.12. The Morgan fingerprint density at radius 3 is 2.35 bits per heavy atom. The fourth-order valence-electron chi connectivity index (χ4n) is 3.26. The standard InChI is InChI=1S/C16H32N4/c1-7-16(6,19(9-3)10-4)15(17-8-2)14-12-13-18-20(14)11-5/h12-13,15,17H,7-11H2,1-6H3. The Balaban J connectivity index is 3.22. The number of nitrogens with one attached hydrogen (secondary N) is 1. The highest BCUT2D eigenvalue weighted by Crippen LogP contribution is 2.34. The third kappa shape index (κ3) is 3.23. The van der Waals surface area contributed by atoms with Crippen molar-refractivity contribution in [3.63, 3.8) is 0 Å². The average Bonchev–Trinajstić information content (AvgIpc) is 2.93. The molecule has 0 aliphatic rings. The van der Waals surface area contributed by atoms with Gasteiger partial charge in [0.15, 0.2) is 0 Å². The number of aromatic nitrogens is 2. The van der Waals surface area contributed by atoms with Crippen LogP contribution in [-0.4, -0.2) is 39.9 Å². The zero-order chi connectivity index (χ0) is 15.2. The summed E-state index contributed by atoms with van der Waals surface area (Å²) in [5, 5.41) is 8.15. The highest BCUT2D eigenvalue weighted by molar-refractivity contribution is 5.15. The van der Waals surface area contributed by atoms with Gasteiger partial charge in [-0.25, -0.2) is 0 Å². The van der Waals surface area contributed by atoms with Crippen LogP contribution in [-0.2, 0) is 6.54 Å². The van der Waals surface area contributed by atoms with Gasteiger partial charge in [0.25, 0.3) is 0 Å². The van der Waals surface area contributed by atoms with E-state index in [-0.39, 0.29) is 5.54 Å². The molecule has 0 aliphatic carbocycles. The zero-order valence-electron chi connectivity index (χ0n) is 14.1. The molecule has 0 bridgehead atoms. The van der Waals surface area contributed by atoms with Crippen LogP contribution in [0.5, 0.6) is 0 Å². The topological polar surface area (TPSA) is 33.1 Å². The van der Waals surface area contributed by atoms with Gasteiger partial charge in [-0.1, -0.05) is 27.7 Å². The lowest BCUT2D eigenvalue weighted by Crippen LogP contribution is -2.54. The Hall–Kier alpha value is -0.870. The van der Waals surface area contributed by atoms with E-state index in [1.54, 1.807) is 0 Å². The third-order valence-corrected chi connectivity index (χ3v) is 4.58. The minimum atomic E-state index is 0.104. The van der Waals surface area contributed by atoms with Gasteiger partial charge >= 0.3 is 0 Å². The first kappa shape index (κ1) is 17.2. The van der Waals surface area contributed by atoms with Crippen LogP contribution in [0.1, 0.15) is 59.7 Å². The van der Waals surface area contributed by atoms with Crippen LogP contribution in [0.4, 0.5) is 0 Å². The van der Waals surface area contributed by atoms with Gasteiger partial charge in [-0.2, -0.15) is 5.10 Å². The molecule has 0 saturated heterocycles. The fraction of sp³-hybridized carbons (Fsp3) is 0.812. The molecule has 1 aromatic heterocycles. The molecule has 4 heteroatoms.